The molecule has 3 heterocycles. The molecule has 1 aliphatic rings. The van der Waals surface area contributed by atoms with Gasteiger partial charge in [-0.2, -0.15) is 10.4 Å². The Morgan fingerprint density at radius 3 is 2.62 bits per heavy atom. The largest absolute Gasteiger partial charge is 0.367 e. The molecule has 0 spiro atoms. The minimum Gasteiger partial charge on any atom is -0.367 e. The second-order valence-electron chi connectivity index (χ2n) is 6.03. The summed E-state index contributed by atoms with van der Waals surface area (Å²) in [6.45, 7) is 2.74. The number of fused-ring (bicyclic) bond motifs is 1. The lowest BCUT2D eigenvalue weighted by Gasteiger charge is -2.37. The quantitative estimate of drug-likeness (QED) is 0.639. The van der Waals surface area contributed by atoms with Gasteiger partial charge in [-0.3, -0.25) is 0 Å². The number of nitriles is 1. The molecule has 0 N–H and O–H groups in total. The highest BCUT2D eigenvalue weighted by molar-refractivity contribution is 9.10. The number of halogens is 2. The van der Waals surface area contributed by atoms with Gasteiger partial charge < -0.3 is 9.80 Å². The van der Waals surface area contributed by atoms with Crippen LogP contribution in [-0.2, 0) is 7.05 Å². The van der Waals surface area contributed by atoms with Crippen molar-refractivity contribution in [2.75, 3.05) is 36.0 Å². The highest BCUT2D eigenvalue weighted by Gasteiger charge is 2.24. The smallest absolute Gasteiger partial charge is 0.164 e. The van der Waals surface area contributed by atoms with E-state index in [0.29, 0.717) is 36.5 Å². The number of benzene rings is 1. The molecule has 4 rings (SSSR count). The van der Waals surface area contributed by atoms with Crippen molar-refractivity contribution in [3.8, 4) is 6.07 Å². The molecule has 132 valence electrons. The van der Waals surface area contributed by atoms with Crippen molar-refractivity contribution < 1.29 is 4.39 Å². The Bertz CT molecular complexity index is 1020. The van der Waals surface area contributed by atoms with Gasteiger partial charge in [-0.25, -0.2) is 19.0 Å². The zero-order chi connectivity index (χ0) is 18.3. The molecule has 0 unspecified atom stereocenters. The fraction of sp³-hybridized carbons (Fsp3) is 0.294. The van der Waals surface area contributed by atoms with Crippen LogP contribution in [0.25, 0.3) is 11.0 Å². The molecule has 26 heavy (non-hydrogen) atoms. The van der Waals surface area contributed by atoms with Crippen LogP contribution in [0.15, 0.2) is 29.1 Å². The van der Waals surface area contributed by atoms with Gasteiger partial charge in [-0.05, 0) is 28.1 Å². The van der Waals surface area contributed by atoms with Crippen molar-refractivity contribution >= 4 is 38.5 Å². The summed E-state index contributed by atoms with van der Waals surface area (Å²) in [4.78, 5) is 12.9. The van der Waals surface area contributed by atoms with E-state index in [-0.39, 0.29) is 5.56 Å². The van der Waals surface area contributed by atoms with Gasteiger partial charge in [0.05, 0.1) is 11.1 Å². The monoisotopic (exact) mass is 415 g/mol. The second-order valence-corrected chi connectivity index (χ2v) is 6.78. The minimum atomic E-state index is -0.482. The number of nitrogens with zero attached hydrogens (tertiary/aromatic N) is 7. The van der Waals surface area contributed by atoms with Crippen molar-refractivity contribution in [1.29, 1.82) is 5.26 Å². The second kappa shape index (κ2) is 6.53. The molecule has 9 heteroatoms. The Labute approximate surface area is 157 Å². The van der Waals surface area contributed by atoms with Gasteiger partial charge in [-0.15, -0.1) is 0 Å². The maximum atomic E-state index is 13.9. The average Bonchev–Trinajstić information content (AvgIpc) is 2.96. The molecular weight excluding hydrogens is 401 g/mol. The van der Waals surface area contributed by atoms with Gasteiger partial charge in [0.15, 0.2) is 5.65 Å². The molecule has 1 fully saturated rings. The highest BCUT2D eigenvalue weighted by atomic mass is 79.9. The first kappa shape index (κ1) is 16.7. The van der Waals surface area contributed by atoms with Gasteiger partial charge in [-0.1, -0.05) is 6.07 Å². The van der Waals surface area contributed by atoms with E-state index < -0.39 is 5.82 Å². The van der Waals surface area contributed by atoms with Crippen LogP contribution in [0.1, 0.15) is 5.56 Å². The van der Waals surface area contributed by atoms with E-state index in [0.717, 1.165) is 16.9 Å². The topological polar surface area (TPSA) is 73.9 Å². The van der Waals surface area contributed by atoms with Gasteiger partial charge in [0.1, 0.15) is 34.2 Å². The predicted molar refractivity (Wildman–Crippen MR) is 99.5 cm³/mol. The predicted octanol–water partition coefficient (Wildman–Crippen LogP) is 2.46. The third-order valence-corrected chi connectivity index (χ3v) is 5.14. The first-order valence-electron chi connectivity index (χ1n) is 8.12. The first-order valence-corrected chi connectivity index (χ1v) is 8.91. The van der Waals surface area contributed by atoms with Crippen molar-refractivity contribution in [1.82, 2.24) is 19.7 Å². The van der Waals surface area contributed by atoms with Crippen LogP contribution in [0.4, 0.5) is 15.9 Å². The summed E-state index contributed by atoms with van der Waals surface area (Å²) < 4.78 is 16.3. The molecule has 1 saturated heterocycles. The number of aryl methyl sites for hydroxylation is 1. The van der Waals surface area contributed by atoms with E-state index in [1.54, 1.807) is 23.1 Å². The third-order valence-electron chi connectivity index (χ3n) is 4.58. The number of rotatable bonds is 2. The summed E-state index contributed by atoms with van der Waals surface area (Å²) in [6, 6.07) is 6.71. The number of hydrogen-bond acceptors (Lipinski definition) is 6. The lowest BCUT2D eigenvalue weighted by molar-refractivity contribution is 0.615. The summed E-state index contributed by atoms with van der Waals surface area (Å²) in [5.74, 6) is 0.346. The number of anilines is 2. The normalized spacial score (nSPS) is 14.7. The molecule has 0 amide bonds. The SMILES string of the molecule is Cn1nc(Br)c2c(N3CCN(c4cccc(F)c4C#N)CC3)ncnc21. The third kappa shape index (κ3) is 2.66. The zero-order valence-electron chi connectivity index (χ0n) is 14.0. The molecule has 3 aromatic rings. The van der Waals surface area contributed by atoms with Gasteiger partial charge in [0.25, 0.3) is 0 Å². The van der Waals surface area contributed by atoms with E-state index in [1.807, 2.05) is 18.0 Å². The molecule has 0 saturated carbocycles. The van der Waals surface area contributed by atoms with E-state index >= 15 is 0 Å². The van der Waals surface area contributed by atoms with Crippen LogP contribution in [0.3, 0.4) is 0 Å². The molecule has 1 aliphatic heterocycles. The van der Waals surface area contributed by atoms with E-state index in [1.165, 1.54) is 6.07 Å². The van der Waals surface area contributed by atoms with E-state index in [2.05, 4.69) is 35.9 Å². The van der Waals surface area contributed by atoms with Crippen molar-refractivity contribution in [2.45, 2.75) is 0 Å². The zero-order valence-corrected chi connectivity index (χ0v) is 15.6. The molecular formula is C17H15BrFN7. The average molecular weight is 416 g/mol. The Kier molecular flexibility index (Phi) is 4.20. The molecule has 0 atom stereocenters. The molecule has 7 nitrogen and oxygen atoms in total. The Morgan fingerprint density at radius 2 is 1.88 bits per heavy atom. The molecule has 0 bridgehead atoms. The van der Waals surface area contributed by atoms with Crippen molar-refractivity contribution in [2.24, 2.45) is 7.05 Å². The van der Waals surface area contributed by atoms with E-state index in [4.69, 9.17) is 0 Å². The maximum Gasteiger partial charge on any atom is 0.164 e. The summed E-state index contributed by atoms with van der Waals surface area (Å²) >= 11 is 3.48. The van der Waals surface area contributed by atoms with Crippen LogP contribution in [0.2, 0.25) is 0 Å². The minimum absolute atomic E-state index is 0.0976. The summed E-state index contributed by atoms with van der Waals surface area (Å²) in [5.41, 5.74) is 1.50. The Balaban J connectivity index is 1.61. The van der Waals surface area contributed by atoms with Gasteiger partial charge in [0.2, 0.25) is 0 Å². The summed E-state index contributed by atoms with van der Waals surface area (Å²) in [7, 11) is 1.84. The standard InChI is InChI=1S/C17H15BrFN7/c1-24-16-14(15(18)23-24)17(22-10-21-16)26-7-5-25(6-8-26)13-4-2-3-12(19)11(13)9-20/h2-4,10H,5-8H2,1H3. The lowest BCUT2D eigenvalue weighted by Crippen LogP contribution is -2.47. The molecule has 0 aliphatic carbocycles. The maximum absolute atomic E-state index is 13.9. The van der Waals surface area contributed by atoms with Crippen LogP contribution < -0.4 is 9.80 Å². The van der Waals surface area contributed by atoms with Crippen LogP contribution in [-0.4, -0.2) is 45.9 Å². The van der Waals surface area contributed by atoms with Gasteiger partial charge in [0, 0.05) is 33.2 Å². The highest BCUT2D eigenvalue weighted by Crippen LogP contribution is 2.31. The Hall–Kier alpha value is -2.73. The van der Waals surface area contributed by atoms with Crippen molar-refractivity contribution in [3.63, 3.8) is 0 Å². The lowest BCUT2D eigenvalue weighted by atomic mass is 10.1. The van der Waals surface area contributed by atoms with Gasteiger partial charge >= 0.3 is 0 Å². The molecule has 2 aromatic heterocycles. The number of aromatic nitrogens is 4. The van der Waals surface area contributed by atoms with Crippen LogP contribution in [0.5, 0.6) is 0 Å². The first-order chi connectivity index (χ1) is 12.6. The summed E-state index contributed by atoms with van der Waals surface area (Å²) in [6.07, 6.45) is 1.54. The fourth-order valence-corrected chi connectivity index (χ4v) is 3.90. The molecule has 1 aromatic carbocycles. The number of hydrogen-bond donors (Lipinski definition) is 0. The molecule has 0 radical (unpaired) electrons. The van der Waals surface area contributed by atoms with Crippen LogP contribution in [0, 0.1) is 17.1 Å². The fourth-order valence-electron chi connectivity index (χ4n) is 3.31. The Morgan fingerprint density at radius 1 is 1.15 bits per heavy atom. The summed E-state index contributed by atoms with van der Waals surface area (Å²) in [5, 5.41) is 14.5. The van der Waals surface area contributed by atoms with Crippen molar-refractivity contribution in [3.05, 3.63) is 40.5 Å². The van der Waals surface area contributed by atoms with E-state index in [9.17, 15) is 9.65 Å². The van der Waals surface area contributed by atoms with Crippen LogP contribution >= 0.6 is 15.9 Å². The number of piperazine rings is 1.